The van der Waals surface area contributed by atoms with Crippen LogP contribution in [0.3, 0.4) is 0 Å². The maximum Gasteiger partial charge on any atom is 0.253 e. The molecule has 110 valence electrons. The van der Waals surface area contributed by atoms with Gasteiger partial charge in [-0.05, 0) is 43.5 Å². The van der Waals surface area contributed by atoms with E-state index in [9.17, 15) is 4.79 Å². The zero-order valence-corrected chi connectivity index (χ0v) is 12.5. The van der Waals surface area contributed by atoms with Gasteiger partial charge in [0.2, 0.25) is 0 Å². The van der Waals surface area contributed by atoms with Crippen molar-refractivity contribution >= 4 is 11.6 Å². The van der Waals surface area contributed by atoms with Crippen LogP contribution in [0.5, 0.6) is 0 Å². The van der Waals surface area contributed by atoms with Gasteiger partial charge in [0.05, 0.1) is 0 Å². The Kier molecular flexibility index (Phi) is 5.01. The first-order valence-corrected chi connectivity index (χ1v) is 7.48. The molecule has 0 saturated carbocycles. The fourth-order valence-electron chi connectivity index (χ4n) is 2.70. The SMILES string of the molecule is CCCN(C)c1ccc(C(=O)N2CCCC(N)C2)cc1. The van der Waals surface area contributed by atoms with Gasteiger partial charge in [-0.25, -0.2) is 0 Å². The molecule has 2 N–H and O–H groups in total. The first-order chi connectivity index (χ1) is 9.61. The summed E-state index contributed by atoms with van der Waals surface area (Å²) < 4.78 is 0. The van der Waals surface area contributed by atoms with Crippen molar-refractivity contribution < 1.29 is 4.79 Å². The van der Waals surface area contributed by atoms with E-state index >= 15 is 0 Å². The van der Waals surface area contributed by atoms with Gasteiger partial charge in [0, 0.05) is 44.0 Å². The molecule has 1 aromatic carbocycles. The molecule has 0 aromatic heterocycles. The van der Waals surface area contributed by atoms with Gasteiger partial charge in [0.1, 0.15) is 0 Å². The second kappa shape index (κ2) is 6.75. The summed E-state index contributed by atoms with van der Waals surface area (Å²) in [5, 5.41) is 0. The molecule has 0 spiro atoms. The second-order valence-electron chi connectivity index (χ2n) is 5.62. The highest BCUT2D eigenvalue weighted by atomic mass is 16.2. The lowest BCUT2D eigenvalue weighted by molar-refractivity contribution is 0.0709. The largest absolute Gasteiger partial charge is 0.375 e. The summed E-state index contributed by atoms with van der Waals surface area (Å²) in [5.41, 5.74) is 7.85. The molecule has 0 radical (unpaired) electrons. The van der Waals surface area contributed by atoms with Crippen molar-refractivity contribution in [3.8, 4) is 0 Å². The second-order valence-corrected chi connectivity index (χ2v) is 5.62. The van der Waals surface area contributed by atoms with Crippen molar-refractivity contribution in [2.24, 2.45) is 5.73 Å². The standard InChI is InChI=1S/C16H25N3O/c1-3-10-18(2)15-8-6-13(7-9-15)16(20)19-11-4-5-14(17)12-19/h6-9,14H,3-5,10-12,17H2,1-2H3. The molecular formula is C16H25N3O. The van der Waals surface area contributed by atoms with E-state index in [4.69, 9.17) is 5.73 Å². The smallest absolute Gasteiger partial charge is 0.253 e. The van der Waals surface area contributed by atoms with Crippen LogP contribution < -0.4 is 10.6 Å². The van der Waals surface area contributed by atoms with Crippen molar-refractivity contribution in [3.63, 3.8) is 0 Å². The number of benzene rings is 1. The highest BCUT2D eigenvalue weighted by Crippen LogP contribution is 2.17. The monoisotopic (exact) mass is 275 g/mol. The maximum absolute atomic E-state index is 12.4. The topological polar surface area (TPSA) is 49.6 Å². The molecule has 1 amide bonds. The highest BCUT2D eigenvalue weighted by Gasteiger charge is 2.22. The van der Waals surface area contributed by atoms with Gasteiger partial charge in [-0.3, -0.25) is 4.79 Å². The average Bonchev–Trinajstić information content (AvgIpc) is 2.47. The van der Waals surface area contributed by atoms with Crippen LogP contribution in [0.4, 0.5) is 5.69 Å². The molecule has 1 unspecified atom stereocenters. The van der Waals surface area contributed by atoms with E-state index in [1.54, 1.807) is 0 Å². The van der Waals surface area contributed by atoms with Gasteiger partial charge in [-0.1, -0.05) is 6.92 Å². The number of nitrogens with zero attached hydrogens (tertiary/aromatic N) is 2. The molecule has 1 saturated heterocycles. The molecule has 1 atom stereocenters. The third-order valence-electron chi connectivity index (χ3n) is 3.86. The predicted molar refractivity (Wildman–Crippen MR) is 83.1 cm³/mol. The molecule has 4 nitrogen and oxygen atoms in total. The first kappa shape index (κ1) is 14.9. The van der Waals surface area contributed by atoms with E-state index < -0.39 is 0 Å². The van der Waals surface area contributed by atoms with Gasteiger partial charge in [-0.15, -0.1) is 0 Å². The third-order valence-corrected chi connectivity index (χ3v) is 3.86. The zero-order chi connectivity index (χ0) is 14.5. The molecule has 2 rings (SSSR count). The average molecular weight is 275 g/mol. The molecule has 4 heteroatoms. The summed E-state index contributed by atoms with van der Waals surface area (Å²) >= 11 is 0. The van der Waals surface area contributed by atoms with Crippen LogP contribution in [0.15, 0.2) is 24.3 Å². The molecule has 1 heterocycles. The summed E-state index contributed by atoms with van der Waals surface area (Å²) in [6.07, 6.45) is 3.14. The molecule has 20 heavy (non-hydrogen) atoms. The number of hydrogen-bond donors (Lipinski definition) is 1. The Morgan fingerprint density at radius 3 is 2.70 bits per heavy atom. The number of nitrogens with two attached hydrogens (primary N) is 1. The van der Waals surface area contributed by atoms with Crippen LogP contribution in [-0.4, -0.2) is 43.5 Å². The van der Waals surface area contributed by atoms with Crippen LogP contribution in [0.25, 0.3) is 0 Å². The number of rotatable bonds is 4. The number of carbonyl (C=O) groups excluding carboxylic acids is 1. The Morgan fingerprint density at radius 1 is 1.40 bits per heavy atom. The lowest BCUT2D eigenvalue weighted by atomic mass is 10.1. The van der Waals surface area contributed by atoms with E-state index in [-0.39, 0.29) is 11.9 Å². The van der Waals surface area contributed by atoms with Crippen LogP contribution in [-0.2, 0) is 0 Å². The van der Waals surface area contributed by atoms with Crippen molar-refractivity contribution in [1.29, 1.82) is 0 Å². The number of anilines is 1. The lowest BCUT2D eigenvalue weighted by Crippen LogP contribution is -2.45. The molecule has 1 aromatic rings. The van der Waals surface area contributed by atoms with Gasteiger partial charge >= 0.3 is 0 Å². The number of hydrogen-bond acceptors (Lipinski definition) is 3. The summed E-state index contributed by atoms with van der Waals surface area (Å²) in [5.74, 6) is 0.102. The molecule has 1 fully saturated rings. The molecule has 1 aliphatic heterocycles. The number of amides is 1. The Hall–Kier alpha value is -1.55. The van der Waals surface area contributed by atoms with Gasteiger partial charge < -0.3 is 15.5 Å². The predicted octanol–water partition coefficient (Wildman–Crippen LogP) is 2.10. The Bertz CT molecular complexity index is 444. The summed E-state index contributed by atoms with van der Waals surface area (Å²) in [4.78, 5) is 16.5. The van der Waals surface area contributed by atoms with Crippen LogP contribution in [0.2, 0.25) is 0 Å². The maximum atomic E-state index is 12.4. The summed E-state index contributed by atoms with van der Waals surface area (Å²) in [6.45, 7) is 4.68. The minimum atomic E-state index is 0.102. The minimum absolute atomic E-state index is 0.102. The summed E-state index contributed by atoms with van der Waals surface area (Å²) in [6, 6.07) is 8.01. The molecule has 0 aliphatic carbocycles. The molecule has 1 aliphatic rings. The van der Waals surface area contributed by atoms with Gasteiger partial charge in [0.25, 0.3) is 5.91 Å². The highest BCUT2D eigenvalue weighted by molar-refractivity contribution is 5.94. The van der Waals surface area contributed by atoms with E-state index in [1.807, 2.05) is 29.2 Å². The first-order valence-electron chi connectivity index (χ1n) is 7.48. The molecular weight excluding hydrogens is 250 g/mol. The van der Waals surface area contributed by atoms with Crippen molar-refractivity contribution in [2.45, 2.75) is 32.2 Å². The normalized spacial score (nSPS) is 18.9. The van der Waals surface area contributed by atoms with E-state index in [1.165, 1.54) is 0 Å². The summed E-state index contributed by atoms with van der Waals surface area (Å²) in [7, 11) is 2.07. The van der Waals surface area contributed by atoms with Gasteiger partial charge in [-0.2, -0.15) is 0 Å². The third kappa shape index (κ3) is 3.51. The van der Waals surface area contributed by atoms with Crippen LogP contribution in [0, 0.1) is 0 Å². The Labute approximate surface area is 121 Å². The fraction of sp³-hybridized carbons (Fsp3) is 0.562. The van der Waals surface area contributed by atoms with E-state index in [0.29, 0.717) is 6.54 Å². The molecule has 0 bridgehead atoms. The minimum Gasteiger partial charge on any atom is -0.375 e. The van der Waals surface area contributed by atoms with Crippen molar-refractivity contribution in [2.75, 3.05) is 31.6 Å². The van der Waals surface area contributed by atoms with E-state index in [0.717, 1.165) is 43.6 Å². The zero-order valence-electron chi connectivity index (χ0n) is 12.5. The van der Waals surface area contributed by atoms with Crippen LogP contribution in [0.1, 0.15) is 36.5 Å². The quantitative estimate of drug-likeness (QED) is 0.915. The van der Waals surface area contributed by atoms with Crippen molar-refractivity contribution in [3.05, 3.63) is 29.8 Å². The Morgan fingerprint density at radius 2 is 2.10 bits per heavy atom. The lowest BCUT2D eigenvalue weighted by Gasteiger charge is -2.31. The number of likely N-dealkylation sites (tertiary alicyclic amines) is 1. The fourth-order valence-corrected chi connectivity index (χ4v) is 2.70. The van der Waals surface area contributed by atoms with E-state index in [2.05, 4.69) is 18.9 Å². The van der Waals surface area contributed by atoms with Gasteiger partial charge in [0.15, 0.2) is 0 Å². The van der Waals surface area contributed by atoms with Crippen LogP contribution >= 0.6 is 0 Å². The number of piperidine rings is 1. The van der Waals surface area contributed by atoms with Crippen molar-refractivity contribution in [1.82, 2.24) is 4.90 Å². The Balaban J connectivity index is 2.03. The number of carbonyl (C=O) groups is 1.